The monoisotopic (exact) mass is 453 g/mol. The smallest absolute Gasteiger partial charge is 0.421 e. The minimum absolute atomic E-state index is 0.0807. The second-order valence-electron chi connectivity index (χ2n) is 9.10. The Labute approximate surface area is 193 Å². The molecule has 33 heavy (non-hydrogen) atoms. The van der Waals surface area contributed by atoms with Crippen molar-refractivity contribution in [1.29, 1.82) is 0 Å². The van der Waals surface area contributed by atoms with Gasteiger partial charge in [-0.05, 0) is 45.7 Å². The van der Waals surface area contributed by atoms with E-state index < -0.39 is 35.7 Å². The molecule has 0 spiro atoms. The van der Waals surface area contributed by atoms with Gasteiger partial charge in [0.1, 0.15) is 12.2 Å². The molecule has 2 amide bonds. The zero-order chi connectivity index (χ0) is 24.4. The molecule has 2 aromatic carbocycles. The Morgan fingerprint density at radius 2 is 1.79 bits per heavy atom. The molecule has 2 aromatic rings. The molecule has 0 bridgehead atoms. The molecule has 3 rings (SSSR count). The second-order valence-corrected chi connectivity index (χ2v) is 9.10. The highest BCUT2D eigenvalue weighted by molar-refractivity contribution is 6.21. The van der Waals surface area contributed by atoms with Crippen LogP contribution < -0.4 is 4.90 Å². The van der Waals surface area contributed by atoms with Crippen molar-refractivity contribution in [3.05, 3.63) is 76.9 Å². The van der Waals surface area contributed by atoms with Crippen molar-refractivity contribution in [3.8, 4) is 0 Å². The van der Waals surface area contributed by atoms with Gasteiger partial charge in [0.05, 0.1) is 5.69 Å². The Balaban J connectivity index is 1.82. The lowest BCUT2D eigenvalue weighted by Gasteiger charge is -2.25. The van der Waals surface area contributed by atoms with Crippen LogP contribution in [-0.2, 0) is 31.3 Å². The molecule has 7 heteroatoms. The molecule has 0 saturated carbocycles. The molecule has 1 heterocycles. The summed E-state index contributed by atoms with van der Waals surface area (Å²) >= 11 is 0. The molecular formula is C26H28FNO5. The zero-order valence-corrected chi connectivity index (χ0v) is 19.5. The average molecular weight is 454 g/mol. The summed E-state index contributed by atoms with van der Waals surface area (Å²) in [7, 11) is 0. The number of carbonyl (C=O) groups excluding carboxylic acids is 3. The second kappa shape index (κ2) is 9.17. The molecule has 0 radical (unpaired) electrons. The summed E-state index contributed by atoms with van der Waals surface area (Å²) in [6.07, 6.45) is 0.981. The number of halogens is 1. The summed E-state index contributed by atoms with van der Waals surface area (Å²) in [6.45, 7) is 8.57. The van der Waals surface area contributed by atoms with Crippen molar-refractivity contribution in [2.24, 2.45) is 0 Å². The number of amides is 2. The fraction of sp³-hybridized carbons (Fsp3) is 0.346. The van der Waals surface area contributed by atoms with Crippen molar-refractivity contribution < 1.29 is 28.2 Å². The highest BCUT2D eigenvalue weighted by atomic mass is 19.1. The van der Waals surface area contributed by atoms with Gasteiger partial charge in [-0.2, -0.15) is 0 Å². The zero-order valence-electron chi connectivity index (χ0n) is 19.5. The highest BCUT2D eigenvalue weighted by Gasteiger charge is 2.55. The number of imide groups is 1. The van der Waals surface area contributed by atoms with E-state index in [4.69, 9.17) is 9.47 Å². The molecule has 1 aliphatic rings. The maximum absolute atomic E-state index is 16.2. The van der Waals surface area contributed by atoms with E-state index in [2.05, 4.69) is 0 Å². The third kappa shape index (κ3) is 5.30. The van der Waals surface area contributed by atoms with Crippen LogP contribution in [0, 0.1) is 13.8 Å². The molecule has 174 valence electrons. The number of alkyl halides is 1. The first kappa shape index (κ1) is 24.2. The van der Waals surface area contributed by atoms with Gasteiger partial charge in [-0.15, -0.1) is 0 Å². The summed E-state index contributed by atoms with van der Waals surface area (Å²) in [5, 5.41) is 0. The van der Waals surface area contributed by atoms with Gasteiger partial charge in [-0.25, -0.2) is 18.9 Å². The van der Waals surface area contributed by atoms with Gasteiger partial charge in [0.25, 0.3) is 5.91 Å². The van der Waals surface area contributed by atoms with Gasteiger partial charge in [-0.3, -0.25) is 4.79 Å². The number of benzene rings is 2. The number of carbonyl (C=O) groups is 3. The number of ether oxygens (including phenoxy) is 2. The molecule has 1 aliphatic heterocycles. The fourth-order valence-electron chi connectivity index (χ4n) is 3.73. The predicted molar refractivity (Wildman–Crippen MR) is 122 cm³/mol. The van der Waals surface area contributed by atoms with E-state index in [1.807, 2.05) is 30.3 Å². The maximum atomic E-state index is 16.2. The van der Waals surface area contributed by atoms with Crippen molar-refractivity contribution in [3.63, 3.8) is 0 Å². The molecular weight excluding hydrogens is 425 g/mol. The number of hydrogen-bond donors (Lipinski definition) is 0. The third-order valence-electron chi connectivity index (χ3n) is 5.09. The maximum Gasteiger partial charge on any atom is 0.421 e. The first-order valence-electron chi connectivity index (χ1n) is 10.7. The summed E-state index contributed by atoms with van der Waals surface area (Å²) in [4.78, 5) is 38.8. The highest BCUT2D eigenvalue weighted by Crippen LogP contribution is 2.48. The van der Waals surface area contributed by atoms with Crippen LogP contribution in [0.4, 0.5) is 14.9 Å². The standard InChI is InChI=1S/C26H28FNO5/c1-17-14-18(2)22-20(15-17)26(27,23(30)28(22)24(31)33-25(3,4)5)13-9-12-21(29)32-16-19-10-7-6-8-11-19/h6-12,14-15H,13,16H2,1-5H3/b12-9+/t26-/m1/s1. The Bertz CT molecular complexity index is 1100. The predicted octanol–water partition coefficient (Wildman–Crippen LogP) is 5.44. The first-order chi connectivity index (χ1) is 15.4. The van der Waals surface area contributed by atoms with E-state index >= 15 is 4.39 Å². The molecule has 6 nitrogen and oxygen atoms in total. The van der Waals surface area contributed by atoms with Crippen LogP contribution in [0.2, 0.25) is 0 Å². The first-order valence-corrected chi connectivity index (χ1v) is 10.7. The minimum atomic E-state index is -2.51. The number of fused-ring (bicyclic) bond motifs is 1. The summed E-state index contributed by atoms with van der Waals surface area (Å²) in [6, 6.07) is 12.5. The van der Waals surface area contributed by atoms with Crippen LogP contribution in [0.15, 0.2) is 54.6 Å². The number of nitrogens with zero attached hydrogens (tertiary/aromatic N) is 1. The largest absolute Gasteiger partial charge is 0.458 e. The van der Waals surface area contributed by atoms with Crippen LogP contribution in [0.25, 0.3) is 0 Å². The Morgan fingerprint density at radius 1 is 1.12 bits per heavy atom. The number of hydrogen-bond acceptors (Lipinski definition) is 5. The van der Waals surface area contributed by atoms with E-state index in [9.17, 15) is 14.4 Å². The lowest BCUT2D eigenvalue weighted by atomic mass is 9.91. The SMILES string of the molecule is Cc1cc(C)c2c(c1)[C@](F)(C/C=C/C(=O)OCc1ccccc1)C(=O)N2C(=O)OC(C)(C)C. The van der Waals surface area contributed by atoms with E-state index in [1.54, 1.807) is 46.8 Å². The molecule has 0 aromatic heterocycles. The van der Waals surface area contributed by atoms with E-state index in [-0.39, 0.29) is 17.9 Å². The molecule has 0 aliphatic carbocycles. The molecule has 1 atom stereocenters. The van der Waals surface area contributed by atoms with Crippen molar-refractivity contribution in [2.75, 3.05) is 4.90 Å². The normalized spacial score (nSPS) is 17.9. The fourth-order valence-corrected chi connectivity index (χ4v) is 3.73. The summed E-state index contributed by atoms with van der Waals surface area (Å²) in [5.74, 6) is -1.69. The lowest BCUT2D eigenvalue weighted by molar-refractivity contribution is -0.139. The van der Waals surface area contributed by atoms with Gasteiger partial charge in [0.15, 0.2) is 0 Å². The molecule has 0 fully saturated rings. The van der Waals surface area contributed by atoms with Crippen LogP contribution in [-0.4, -0.2) is 23.6 Å². The minimum Gasteiger partial charge on any atom is -0.458 e. The van der Waals surface area contributed by atoms with Gasteiger partial charge >= 0.3 is 12.1 Å². The van der Waals surface area contributed by atoms with Crippen LogP contribution >= 0.6 is 0 Å². The quantitative estimate of drug-likeness (QED) is 0.445. The van der Waals surface area contributed by atoms with Crippen molar-refractivity contribution >= 4 is 23.7 Å². The molecule has 0 N–H and O–H groups in total. The van der Waals surface area contributed by atoms with Crippen molar-refractivity contribution in [1.82, 2.24) is 0 Å². The van der Waals surface area contributed by atoms with E-state index in [0.717, 1.165) is 22.1 Å². The van der Waals surface area contributed by atoms with Crippen LogP contribution in [0.1, 0.15) is 49.4 Å². The van der Waals surface area contributed by atoms with E-state index in [0.29, 0.717) is 5.56 Å². The van der Waals surface area contributed by atoms with Crippen molar-refractivity contribution in [2.45, 2.75) is 58.9 Å². The number of esters is 1. The lowest BCUT2D eigenvalue weighted by Crippen LogP contribution is -2.43. The number of anilines is 1. The number of allylic oxidation sites excluding steroid dienone is 1. The molecule has 0 unspecified atom stereocenters. The van der Waals surface area contributed by atoms with Crippen LogP contribution in [0.3, 0.4) is 0 Å². The molecule has 0 saturated heterocycles. The van der Waals surface area contributed by atoms with Gasteiger partial charge in [0, 0.05) is 18.1 Å². The Morgan fingerprint density at radius 3 is 2.42 bits per heavy atom. The summed E-state index contributed by atoms with van der Waals surface area (Å²) in [5.41, 5.74) is -0.965. The number of aryl methyl sites for hydroxylation is 2. The third-order valence-corrected chi connectivity index (χ3v) is 5.09. The van der Waals surface area contributed by atoms with Gasteiger partial charge in [-0.1, -0.05) is 54.1 Å². The van der Waals surface area contributed by atoms with Gasteiger partial charge in [0.2, 0.25) is 5.67 Å². The topological polar surface area (TPSA) is 72.9 Å². The van der Waals surface area contributed by atoms with Crippen LogP contribution in [0.5, 0.6) is 0 Å². The summed E-state index contributed by atoms with van der Waals surface area (Å²) < 4.78 is 26.7. The average Bonchev–Trinajstić information content (AvgIpc) is 2.94. The van der Waals surface area contributed by atoms with Gasteiger partial charge < -0.3 is 9.47 Å². The Hall–Kier alpha value is -3.48. The van der Waals surface area contributed by atoms with E-state index in [1.165, 1.54) is 6.08 Å². The Kier molecular flexibility index (Phi) is 6.72. The number of rotatable bonds is 5.